The molecular weight excluding hydrogens is 379 g/mol. The number of rotatable bonds is 5. The molecule has 2 fully saturated rings. The highest BCUT2D eigenvalue weighted by atomic mass is 19.1. The molecule has 0 bridgehead atoms. The van der Waals surface area contributed by atoms with Crippen LogP contribution in [-0.4, -0.2) is 59.0 Å². The highest BCUT2D eigenvalue weighted by molar-refractivity contribution is 5.90. The largest absolute Gasteiger partial charge is 0.442 e. The van der Waals surface area contributed by atoms with E-state index < -0.39 is 12.2 Å². The van der Waals surface area contributed by atoms with Gasteiger partial charge in [-0.15, -0.1) is 0 Å². The van der Waals surface area contributed by atoms with Gasteiger partial charge in [0.1, 0.15) is 24.6 Å². The summed E-state index contributed by atoms with van der Waals surface area (Å²) in [5, 5.41) is 6.81. The SMILES string of the molecule is CC(=O)NC[C@H]1CN(c2ccc(N3CCC(n4cncn4)CC3)c(F)c2)C(=O)O1. The second kappa shape index (κ2) is 8.06. The molecule has 29 heavy (non-hydrogen) atoms. The van der Waals surface area contributed by atoms with E-state index in [0.717, 1.165) is 12.8 Å². The van der Waals surface area contributed by atoms with Gasteiger partial charge in [-0.1, -0.05) is 0 Å². The van der Waals surface area contributed by atoms with Crippen LogP contribution in [0.15, 0.2) is 30.9 Å². The van der Waals surface area contributed by atoms with Crippen molar-refractivity contribution in [3.63, 3.8) is 0 Å². The first-order valence-corrected chi connectivity index (χ1v) is 9.62. The number of amides is 2. The van der Waals surface area contributed by atoms with Crippen LogP contribution in [0.25, 0.3) is 0 Å². The van der Waals surface area contributed by atoms with Crippen LogP contribution in [0.2, 0.25) is 0 Å². The number of carbonyl (C=O) groups is 2. The summed E-state index contributed by atoms with van der Waals surface area (Å²) in [5.74, 6) is -0.567. The van der Waals surface area contributed by atoms with Crippen LogP contribution in [0.1, 0.15) is 25.8 Å². The summed E-state index contributed by atoms with van der Waals surface area (Å²) in [6.45, 7) is 3.33. The average Bonchev–Trinajstić information content (AvgIpc) is 3.36. The number of carbonyl (C=O) groups excluding carboxylic acids is 2. The van der Waals surface area contributed by atoms with E-state index in [1.54, 1.807) is 18.5 Å². The summed E-state index contributed by atoms with van der Waals surface area (Å²) in [6.07, 6.45) is 3.95. The molecule has 1 aromatic carbocycles. The number of halogens is 1. The van der Waals surface area contributed by atoms with Gasteiger partial charge in [-0.2, -0.15) is 5.10 Å². The van der Waals surface area contributed by atoms with Crippen LogP contribution in [0.3, 0.4) is 0 Å². The third-order valence-corrected chi connectivity index (χ3v) is 5.31. The normalized spacial score (nSPS) is 20.1. The molecule has 2 aliphatic heterocycles. The zero-order valence-corrected chi connectivity index (χ0v) is 16.1. The van der Waals surface area contributed by atoms with E-state index in [1.165, 1.54) is 24.2 Å². The minimum atomic E-state index is -0.541. The smallest absolute Gasteiger partial charge is 0.414 e. The Morgan fingerprint density at radius 2 is 2.14 bits per heavy atom. The molecule has 0 radical (unpaired) electrons. The van der Waals surface area contributed by atoms with Gasteiger partial charge in [0.2, 0.25) is 5.91 Å². The molecular formula is C19H23FN6O3. The number of ether oxygens (including phenoxy) is 1. The molecule has 1 N–H and O–H groups in total. The molecule has 1 aromatic heterocycles. The van der Waals surface area contributed by atoms with Crippen molar-refractivity contribution in [2.45, 2.75) is 31.9 Å². The lowest BCUT2D eigenvalue weighted by molar-refractivity contribution is -0.119. The molecule has 0 spiro atoms. The molecule has 9 nitrogen and oxygen atoms in total. The lowest BCUT2D eigenvalue weighted by atomic mass is 10.0. The maximum atomic E-state index is 14.8. The first-order chi connectivity index (χ1) is 14.0. The fourth-order valence-electron chi connectivity index (χ4n) is 3.79. The van der Waals surface area contributed by atoms with Crippen LogP contribution in [0, 0.1) is 5.82 Å². The molecule has 0 saturated carbocycles. The Balaban J connectivity index is 1.39. The van der Waals surface area contributed by atoms with E-state index in [9.17, 15) is 14.0 Å². The number of anilines is 2. The lowest BCUT2D eigenvalue weighted by Crippen LogP contribution is -2.35. The standard InChI is InChI=1S/C19H23FN6O3/c1-13(27)22-9-16-10-25(19(28)29-16)15-2-3-18(17(20)8-15)24-6-4-14(5-7-24)26-12-21-11-23-26/h2-3,8,11-12,14,16H,4-7,9-10H2,1H3,(H,22,27)/t16-/m0/s1. The third-order valence-electron chi connectivity index (χ3n) is 5.31. The quantitative estimate of drug-likeness (QED) is 0.819. The zero-order chi connectivity index (χ0) is 20.4. The molecule has 2 aliphatic rings. The first kappa shape index (κ1) is 19.2. The average molecular weight is 402 g/mol. The Labute approximate surface area is 167 Å². The van der Waals surface area contributed by atoms with Crippen molar-refractivity contribution in [1.29, 1.82) is 0 Å². The fourth-order valence-corrected chi connectivity index (χ4v) is 3.79. The van der Waals surface area contributed by atoms with Gasteiger partial charge < -0.3 is 15.0 Å². The zero-order valence-electron chi connectivity index (χ0n) is 16.1. The Bertz CT molecular complexity index is 882. The number of hydrogen-bond donors (Lipinski definition) is 1. The molecule has 1 atom stereocenters. The summed E-state index contributed by atoms with van der Waals surface area (Å²) in [7, 11) is 0. The number of hydrogen-bond acceptors (Lipinski definition) is 6. The van der Waals surface area contributed by atoms with Crippen molar-refractivity contribution in [2.75, 3.05) is 36.0 Å². The summed E-state index contributed by atoms with van der Waals surface area (Å²) >= 11 is 0. The third kappa shape index (κ3) is 4.15. The van der Waals surface area contributed by atoms with Crippen LogP contribution < -0.4 is 15.1 Å². The number of nitrogens with zero attached hydrogens (tertiary/aromatic N) is 5. The second-order valence-electron chi connectivity index (χ2n) is 7.28. The minimum Gasteiger partial charge on any atom is -0.442 e. The van der Waals surface area contributed by atoms with Crippen molar-refractivity contribution in [3.05, 3.63) is 36.7 Å². The van der Waals surface area contributed by atoms with E-state index in [4.69, 9.17) is 4.74 Å². The Morgan fingerprint density at radius 1 is 1.34 bits per heavy atom. The molecule has 3 heterocycles. The fraction of sp³-hybridized carbons (Fsp3) is 0.474. The van der Waals surface area contributed by atoms with Crippen molar-refractivity contribution < 1.29 is 18.7 Å². The minimum absolute atomic E-state index is 0.192. The lowest BCUT2D eigenvalue weighted by Gasteiger charge is -2.33. The van der Waals surface area contributed by atoms with Gasteiger partial charge in [-0.05, 0) is 31.0 Å². The molecule has 4 rings (SSSR count). The van der Waals surface area contributed by atoms with Gasteiger partial charge in [0.15, 0.2) is 0 Å². The highest BCUT2D eigenvalue weighted by Crippen LogP contribution is 2.31. The molecule has 154 valence electrons. The monoisotopic (exact) mass is 402 g/mol. The van der Waals surface area contributed by atoms with Gasteiger partial charge in [-0.25, -0.2) is 18.9 Å². The molecule has 2 saturated heterocycles. The molecule has 0 aliphatic carbocycles. The van der Waals surface area contributed by atoms with E-state index in [1.807, 2.05) is 9.58 Å². The van der Waals surface area contributed by atoms with Crippen molar-refractivity contribution >= 4 is 23.4 Å². The Hall–Kier alpha value is -3.17. The summed E-state index contributed by atoms with van der Waals surface area (Å²) in [6, 6.07) is 5.07. The van der Waals surface area contributed by atoms with Crippen LogP contribution in [0.4, 0.5) is 20.6 Å². The number of benzene rings is 1. The van der Waals surface area contributed by atoms with Crippen molar-refractivity contribution in [1.82, 2.24) is 20.1 Å². The van der Waals surface area contributed by atoms with Gasteiger partial charge >= 0.3 is 6.09 Å². The van der Waals surface area contributed by atoms with E-state index in [2.05, 4.69) is 15.4 Å². The summed E-state index contributed by atoms with van der Waals surface area (Å²) < 4.78 is 21.9. The Morgan fingerprint density at radius 3 is 2.79 bits per heavy atom. The first-order valence-electron chi connectivity index (χ1n) is 9.62. The van der Waals surface area contributed by atoms with Crippen LogP contribution >= 0.6 is 0 Å². The predicted molar refractivity (Wildman–Crippen MR) is 103 cm³/mol. The topological polar surface area (TPSA) is 92.6 Å². The van der Waals surface area contributed by atoms with Crippen LogP contribution in [0.5, 0.6) is 0 Å². The number of nitrogens with one attached hydrogen (secondary N) is 1. The molecule has 10 heteroatoms. The Kier molecular flexibility index (Phi) is 5.32. The predicted octanol–water partition coefficient (Wildman–Crippen LogP) is 1.72. The van der Waals surface area contributed by atoms with Crippen LogP contribution in [-0.2, 0) is 9.53 Å². The summed E-state index contributed by atoms with van der Waals surface area (Å²) in [4.78, 5) is 30.5. The van der Waals surface area contributed by atoms with Crippen molar-refractivity contribution in [2.24, 2.45) is 0 Å². The van der Waals surface area contributed by atoms with Crippen molar-refractivity contribution in [3.8, 4) is 0 Å². The second-order valence-corrected chi connectivity index (χ2v) is 7.28. The van der Waals surface area contributed by atoms with E-state index >= 15 is 0 Å². The molecule has 0 unspecified atom stereocenters. The summed E-state index contributed by atoms with van der Waals surface area (Å²) in [5.41, 5.74) is 0.965. The van der Waals surface area contributed by atoms with E-state index in [0.29, 0.717) is 24.5 Å². The number of cyclic esters (lactones) is 1. The number of piperidine rings is 1. The van der Waals surface area contributed by atoms with Gasteiger partial charge in [0.05, 0.1) is 30.5 Å². The molecule has 2 amide bonds. The maximum absolute atomic E-state index is 14.8. The number of aromatic nitrogens is 3. The van der Waals surface area contributed by atoms with E-state index in [-0.39, 0.29) is 30.9 Å². The van der Waals surface area contributed by atoms with Gasteiger partial charge in [0, 0.05) is 20.0 Å². The highest BCUT2D eigenvalue weighted by Gasteiger charge is 2.33. The van der Waals surface area contributed by atoms with Gasteiger partial charge in [0.25, 0.3) is 0 Å². The van der Waals surface area contributed by atoms with Gasteiger partial charge in [-0.3, -0.25) is 9.69 Å². The maximum Gasteiger partial charge on any atom is 0.414 e. The molecule has 2 aromatic rings.